The summed E-state index contributed by atoms with van der Waals surface area (Å²) in [4.78, 5) is 0. The van der Waals surface area contributed by atoms with Crippen molar-refractivity contribution in [1.29, 1.82) is 0 Å². The van der Waals surface area contributed by atoms with Crippen LogP contribution in [0.3, 0.4) is 0 Å². The first kappa shape index (κ1) is 34.7. The molecule has 0 radical (unpaired) electrons. The highest BCUT2D eigenvalue weighted by atomic mass is 28.4. The summed E-state index contributed by atoms with van der Waals surface area (Å²) in [7, 11) is -1.92. The Morgan fingerprint density at radius 2 is 0.771 bits per heavy atom. The summed E-state index contributed by atoms with van der Waals surface area (Å²) in [6, 6.07) is 0. The lowest BCUT2D eigenvalue weighted by Gasteiger charge is -2.23. The van der Waals surface area contributed by atoms with E-state index in [1.54, 1.807) is 0 Å². The van der Waals surface area contributed by atoms with Crippen LogP contribution in [0.1, 0.15) is 168 Å². The van der Waals surface area contributed by atoms with Gasteiger partial charge in [0.1, 0.15) is 0 Å². The van der Waals surface area contributed by atoms with Crippen LogP contribution in [0.25, 0.3) is 0 Å². The first-order chi connectivity index (χ1) is 17.1. The SMILES string of the molecule is CCC#CCCCCCCCCO[Si](C)(C)OCCCCCCCCCCCCCCCCCC. The quantitative estimate of drug-likeness (QED) is 0.0624. The maximum absolute atomic E-state index is 6.14. The van der Waals surface area contributed by atoms with E-state index in [9.17, 15) is 0 Å². The maximum atomic E-state index is 6.14. The molecule has 0 aromatic heterocycles. The largest absolute Gasteiger partial charge is 0.395 e. The molecule has 0 aliphatic rings. The van der Waals surface area contributed by atoms with Crippen molar-refractivity contribution in [2.45, 2.75) is 181 Å². The Bertz CT molecular complexity index is 466. The molecule has 0 amide bonds. The standard InChI is InChI=1S/C32H64O2Si/c1-5-7-9-11-13-15-17-18-19-20-21-22-24-26-28-30-32-34-35(3,4)33-31-29-27-25-23-16-14-12-10-8-6-2/h5-7,9,11-32H2,1-4H3. The lowest BCUT2D eigenvalue weighted by Crippen LogP contribution is -2.35. The Labute approximate surface area is 223 Å². The molecule has 0 bridgehead atoms. The summed E-state index contributed by atoms with van der Waals surface area (Å²) in [5.74, 6) is 6.39. The first-order valence-corrected chi connectivity index (χ1v) is 18.7. The normalized spacial score (nSPS) is 11.5. The van der Waals surface area contributed by atoms with Gasteiger partial charge in [-0.25, -0.2) is 0 Å². The second-order valence-electron chi connectivity index (χ2n) is 11.0. The molecule has 0 aliphatic heterocycles. The predicted octanol–water partition coefficient (Wildman–Crippen LogP) is 11.1. The molecule has 208 valence electrons. The van der Waals surface area contributed by atoms with Gasteiger partial charge in [-0.15, -0.1) is 11.8 Å². The zero-order valence-electron chi connectivity index (χ0n) is 24.7. The van der Waals surface area contributed by atoms with E-state index >= 15 is 0 Å². The summed E-state index contributed by atoms with van der Waals surface area (Å²) in [6.07, 6.45) is 32.4. The van der Waals surface area contributed by atoms with E-state index in [1.165, 1.54) is 141 Å². The number of hydrogen-bond acceptors (Lipinski definition) is 2. The summed E-state index contributed by atoms with van der Waals surface area (Å²) in [6.45, 7) is 10.6. The highest BCUT2D eigenvalue weighted by molar-refractivity contribution is 6.64. The summed E-state index contributed by atoms with van der Waals surface area (Å²) in [5, 5.41) is 0. The van der Waals surface area contributed by atoms with Crippen LogP contribution in [0, 0.1) is 11.8 Å². The van der Waals surface area contributed by atoms with Gasteiger partial charge >= 0.3 is 8.56 Å². The minimum Gasteiger partial charge on any atom is -0.395 e. The Balaban J connectivity index is 3.29. The van der Waals surface area contributed by atoms with Crippen LogP contribution in [0.4, 0.5) is 0 Å². The van der Waals surface area contributed by atoms with Crippen molar-refractivity contribution < 1.29 is 8.85 Å². The van der Waals surface area contributed by atoms with E-state index in [0.29, 0.717) is 0 Å². The van der Waals surface area contributed by atoms with Gasteiger partial charge in [-0.2, -0.15) is 0 Å². The fourth-order valence-electron chi connectivity index (χ4n) is 4.56. The van der Waals surface area contributed by atoms with Gasteiger partial charge in [0.25, 0.3) is 0 Å². The predicted molar refractivity (Wildman–Crippen MR) is 159 cm³/mol. The van der Waals surface area contributed by atoms with Crippen LogP contribution < -0.4 is 0 Å². The van der Waals surface area contributed by atoms with Gasteiger partial charge in [0, 0.05) is 26.1 Å². The fourth-order valence-corrected chi connectivity index (χ4v) is 5.92. The molecule has 35 heavy (non-hydrogen) atoms. The summed E-state index contributed by atoms with van der Waals surface area (Å²) < 4.78 is 12.3. The van der Waals surface area contributed by atoms with Crippen LogP contribution in [-0.4, -0.2) is 21.8 Å². The van der Waals surface area contributed by atoms with Crippen molar-refractivity contribution in [2.24, 2.45) is 0 Å². The number of unbranched alkanes of at least 4 members (excludes halogenated alkanes) is 21. The lowest BCUT2D eigenvalue weighted by molar-refractivity contribution is 0.172. The van der Waals surface area contributed by atoms with Gasteiger partial charge in [-0.05, 0) is 32.4 Å². The molecule has 0 heterocycles. The number of rotatable bonds is 27. The van der Waals surface area contributed by atoms with Crippen molar-refractivity contribution in [2.75, 3.05) is 13.2 Å². The molecule has 0 N–H and O–H groups in total. The highest BCUT2D eigenvalue weighted by Crippen LogP contribution is 2.15. The van der Waals surface area contributed by atoms with Crippen LogP contribution in [-0.2, 0) is 8.85 Å². The minimum absolute atomic E-state index is 0.875. The second kappa shape index (κ2) is 28.3. The third kappa shape index (κ3) is 29.8. The van der Waals surface area contributed by atoms with Crippen molar-refractivity contribution in [1.82, 2.24) is 0 Å². The zero-order chi connectivity index (χ0) is 25.7. The van der Waals surface area contributed by atoms with Crippen LogP contribution in [0.5, 0.6) is 0 Å². The van der Waals surface area contributed by atoms with Gasteiger partial charge in [0.15, 0.2) is 0 Å². The van der Waals surface area contributed by atoms with Crippen molar-refractivity contribution in [3.8, 4) is 11.8 Å². The monoisotopic (exact) mass is 508 g/mol. The topological polar surface area (TPSA) is 18.5 Å². The lowest BCUT2D eigenvalue weighted by atomic mass is 10.0. The van der Waals surface area contributed by atoms with Crippen molar-refractivity contribution in [3.63, 3.8) is 0 Å². The third-order valence-corrected chi connectivity index (χ3v) is 8.69. The molecule has 0 aromatic carbocycles. The van der Waals surface area contributed by atoms with Gasteiger partial charge in [0.05, 0.1) is 0 Å². The molecule has 0 fully saturated rings. The molecule has 0 saturated heterocycles. The van der Waals surface area contributed by atoms with Gasteiger partial charge in [-0.1, -0.05) is 136 Å². The highest BCUT2D eigenvalue weighted by Gasteiger charge is 2.23. The Hall–Kier alpha value is -0.303. The average molecular weight is 509 g/mol. The molecular weight excluding hydrogens is 444 g/mol. The van der Waals surface area contributed by atoms with Crippen LogP contribution in [0.15, 0.2) is 0 Å². The maximum Gasteiger partial charge on any atom is 0.331 e. The van der Waals surface area contributed by atoms with E-state index in [4.69, 9.17) is 8.85 Å². The summed E-state index contributed by atoms with van der Waals surface area (Å²) in [5.41, 5.74) is 0. The first-order valence-electron chi connectivity index (χ1n) is 15.9. The molecule has 2 nitrogen and oxygen atoms in total. The second-order valence-corrected chi connectivity index (χ2v) is 14.4. The Morgan fingerprint density at radius 3 is 1.14 bits per heavy atom. The summed E-state index contributed by atoms with van der Waals surface area (Å²) >= 11 is 0. The Morgan fingerprint density at radius 1 is 0.429 bits per heavy atom. The van der Waals surface area contributed by atoms with Crippen molar-refractivity contribution in [3.05, 3.63) is 0 Å². The van der Waals surface area contributed by atoms with E-state index in [1.807, 2.05) is 0 Å². The fraction of sp³-hybridized carbons (Fsp3) is 0.938. The Kier molecular flexibility index (Phi) is 28.0. The van der Waals surface area contributed by atoms with Crippen LogP contribution in [0.2, 0.25) is 13.1 Å². The van der Waals surface area contributed by atoms with Gasteiger partial charge in [-0.3, -0.25) is 0 Å². The number of hydrogen-bond donors (Lipinski definition) is 0. The molecule has 0 atom stereocenters. The molecule has 0 unspecified atom stereocenters. The van der Waals surface area contributed by atoms with Gasteiger partial charge < -0.3 is 8.85 Å². The minimum atomic E-state index is -1.92. The van der Waals surface area contributed by atoms with E-state index in [-0.39, 0.29) is 0 Å². The molecule has 0 saturated carbocycles. The molecule has 0 aromatic rings. The molecule has 0 aliphatic carbocycles. The van der Waals surface area contributed by atoms with E-state index in [2.05, 4.69) is 38.8 Å². The van der Waals surface area contributed by atoms with Gasteiger partial charge in [0.2, 0.25) is 0 Å². The van der Waals surface area contributed by atoms with E-state index < -0.39 is 8.56 Å². The molecule has 3 heteroatoms. The molecule has 0 spiro atoms. The molecule has 0 rings (SSSR count). The van der Waals surface area contributed by atoms with E-state index in [0.717, 1.165) is 26.1 Å². The smallest absolute Gasteiger partial charge is 0.331 e. The average Bonchev–Trinajstić information content (AvgIpc) is 2.84. The van der Waals surface area contributed by atoms with Crippen molar-refractivity contribution >= 4 is 8.56 Å². The van der Waals surface area contributed by atoms with Crippen LogP contribution >= 0.6 is 0 Å². The third-order valence-electron chi connectivity index (χ3n) is 6.90. The zero-order valence-corrected chi connectivity index (χ0v) is 25.7. The molecular formula is C32H64O2Si.